The summed E-state index contributed by atoms with van der Waals surface area (Å²) in [5.74, 6) is -0.874. The van der Waals surface area contributed by atoms with Gasteiger partial charge in [-0.25, -0.2) is 4.98 Å². The molecule has 0 N–H and O–H groups in total. The normalized spacial score (nSPS) is 12.1. The molecule has 0 unspecified atom stereocenters. The Bertz CT molecular complexity index is 954. The van der Waals surface area contributed by atoms with Gasteiger partial charge < -0.3 is 9.47 Å². The fraction of sp³-hybridized carbons (Fsp3) is 0.263. The van der Waals surface area contributed by atoms with Crippen molar-refractivity contribution >= 4 is 0 Å². The van der Waals surface area contributed by atoms with Gasteiger partial charge in [0.15, 0.2) is 0 Å². The predicted octanol–water partition coefficient (Wildman–Crippen LogP) is 5.33. The van der Waals surface area contributed by atoms with Crippen molar-refractivity contribution in [3.05, 3.63) is 60.7 Å². The zero-order chi connectivity index (χ0) is 21.8. The number of alkyl halides is 6. The summed E-state index contributed by atoms with van der Waals surface area (Å²) in [5.41, 5.74) is -0.623. The van der Waals surface area contributed by atoms with E-state index < -0.39 is 29.6 Å². The molecule has 0 fully saturated rings. The van der Waals surface area contributed by atoms with Gasteiger partial charge in [-0.15, -0.1) is 13.2 Å². The van der Waals surface area contributed by atoms with Gasteiger partial charge >= 0.3 is 12.5 Å². The molecule has 0 saturated carbocycles. The molecule has 11 heteroatoms. The van der Waals surface area contributed by atoms with E-state index in [1.165, 1.54) is 41.6 Å². The van der Waals surface area contributed by atoms with Crippen LogP contribution in [0.1, 0.15) is 12.0 Å². The lowest BCUT2D eigenvalue weighted by Gasteiger charge is -2.18. The summed E-state index contributed by atoms with van der Waals surface area (Å²) in [6.45, 7) is 0.363. The van der Waals surface area contributed by atoms with Crippen molar-refractivity contribution in [2.75, 3.05) is 6.61 Å². The molecule has 3 aromatic rings. The first-order valence-corrected chi connectivity index (χ1v) is 8.65. The van der Waals surface area contributed by atoms with Gasteiger partial charge in [0.25, 0.3) is 0 Å². The lowest BCUT2D eigenvalue weighted by atomic mass is 10.0. The maximum Gasteiger partial charge on any atom is 0.573 e. The van der Waals surface area contributed by atoms with Crippen molar-refractivity contribution in [1.29, 1.82) is 0 Å². The Hall–Kier alpha value is -3.24. The van der Waals surface area contributed by atoms with E-state index in [9.17, 15) is 26.3 Å². The molecule has 0 radical (unpaired) electrons. The number of rotatable bonds is 7. The van der Waals surface area contributed by atoms with Crippen LogP contribution in [0, 0.1) is 0 Å². The summed E-state index contributed by atoms with van der Waals surface area (Å²) in [6, 6.07) is 8.02. The maximum atomic E-state index is 13.5. The van der Waals surface area contributed by atoms with E-state index in [2.05, 4.69) is 14.8 Å². The van der Waals surface area contributed by atoms with Crippen LogP contribution in [0.2, 0.25) is 0 Å². The Morgan fingerprint density at radius 2 is 1.67 bits per heavy atom. The van der Waals surface area contributed by atoms with Crippen LogP contribution >= 0.6 is 0 Å². The summed E-state index contributed by atoms with van der Waals surface area (Å²) >= 11 is 0. The van der Waals surface area contributed by atoms with Crippen molar-refractivity contribution in [2.45, 2.75) is 25.5 Å². The standard InChI is InChI=1S/C19H15F6N3O2/c20-18(21,22)16-4-1-3-15(13-5-7-14(8-6-13)30-19(23,24)25)17(16)29-10-2-9-28-12-26-11-27-28/h1,3-8,11-12H,2,9-10H2. The number of nitrogens with zero attached hydrogens (tertiary/aromatic N) is 3. The second-order valence-electron chi connectivity index (χ2n) is 6.11. The van der Waals surface area contributed by atoms with Crippen molar-refractivity contribution in [2.24, 2.45) is 0 Å². The fourth-order valence-electron chi connectivity index (χ4n) is 2.73. The van der Waals surface area contributed by atoms with E-state index in [4.69, 9.17) is 4.74 Å². The lowest BCUT2D eigenvalue weighted by molar-refractivity contribution is -0.274. The molecule has 0 saturated heterocycles. The van der Waals surface area contributed by atoms with Crippen LogP contribution < -0.4 is 9.47 Å². The van der Waals surface area contributed by atoms with Crippen molar-refractivity contribution in [1.82, 2.24) is 14.8 Å². The Morgan fingerprint density at radius 1 is 0.933 bits per heavy atom. The molecule has 0 amide bonds. The number of para-hydroxylation sites is 1. The summed E-state index contributed by atoms with van der Waals surface area (Å²) in [4.78, 5) is 3.77. The molecule has 30 heavy (non-hydrogen) atoms. The quantitative estimate of drug-likeness (QED) is 0.375. The van der Waals surface area contributed by atoms with E-state index in [0.29, 0.717) is 13.0 Å². The highest BCUT2D eigenvalue weighted by Crippen LogP contribution is 2.42. The number of aromatic nitrogens is 3. The van der Waals surface area contributed by atoms with Gasteiger partial charge in [0.05, 0.1) is 12.2 Å². The highest BCUT2D eigenvalue weighted by molar-refractivity contribution is 5.73. The molecule has 0 aliphatic carbocycles. The van der Waals surface area contributed by atoms with E-state index >= 15 is 0 Å². The fourth-order valence-corrected chi connectivity index (χ4v) is 2.73. The average molecular weight is 431 g/mol. The van der Waals surface area contributed by atoms with Gasteiger partial charge in [-0.2, -0.15) is 18.3 Å². The second-order valence-corrected chi connectivity index (χ2v) is 6.11. The number of hydrogen-bond donors (Lipinski definition) is 0. The maximum absolute atomic E-state index is 13.5. The molecule has 0 aliphatic rings. The molecule has 5 nitrogen and oxygen atoms in total. The Morgan fingerprint density at radius 3 is 2.27 bits per heavy atom. The van der Waals surface area contributed by atoms with Crippen molar-refractivity contribution < 1.29 is 35.8 Å². The number of ether oxygens (including phenoxy) is 2. The van der Waals surface area contributed by atoms with Gasteiger partial charge in [0, 0.05) is 18.5 Å². The second kappa shape index (κ2) is 8.64. The van der Waals surface area contributed by atoms with Crippen LogP contribution in [0.4, 0.5) is 26.3 Å². The number of halogens is 6. The zero-order valence-electron chi connectivity index (χ0n) is 15.2. The molecule has 160 valence electrons. The molecule has 3 rings (SSSR count). The first kappa shape index (κ1) is 21.5. The highest BCUT2D eigenvalue weighted by Gasteiger charge is 2.35. The Labute approximate surface area is 166 Å². The minimum atomic E-state index is -4.86. The van der Waals surface area contributed by atoms with E-state index in [-0.39, 0.29) is 17.7 Å². The summed E-state index contributed by atoms with van der Waals surface area (Å²) < 4.78 is 88.1. The van der Waals surface area contributed by atoms with Crippen LogP contribution in [0.5, 0.6) is 11.5 Å². The minimum Gasteiger partial charge on any atom is -0.492 e. The molecular weight excluding hydrogens is 416 g/mol. The smallest absolute Gasteiger partial charge is 0.492 e. The van der Waals surface area contributed by atoms with Crippen LogP contribution in [0.15, 0.2) is 55.1 Å². The number of hydrogen-bond acceptors (Lipinski definition) is 4. The summed E-state index contributed by atoms with van der Waals surface area (Å²) in [7, 11) is 0. The first-order valence-electron chi connectivity index (χ1n) is 8.65. The first-order chi connectivity index (χ1) is 14.1. The zero-order valence-corrected chi connectivity index (χ0v) is 15.2. The molecule has 1 aromatic heterocycles. The number of aryl methyl sites for hydroxylation is 1. The van der Waals surface area contributed by atoms with Gasteiger partial charge in [0.2, 0.25) is 0 Å². The SMILES string of the molecule is FC(F)(F)Oc1ccc(-c2cccc(C(F)(F)F)c2OCCCn2cncn2)cc1. The molecule has 0 spiro atoms. The third kappa shape index (κ3) is 5.65. The third-order valence-electron chi connectivity index (χ3n) is 3.96. The molecule has 0 aliphatic heterocycles. The molecule has 0 bridgehead atoms. The Balaban J connectivity index is 1.84. The molecule has 1 heterocycles. The minimum absolute atomic E-state index is 0.0325. The summed E-state index contributed by atoms with van der Waals surface area (Å²) in [5, 5.41) is 3.89. The van der Waals surface area contributed by atoms with Gasteiger partial charge in [0.1, 0.15) is 24.2 Å². The van der Waals surface area contributed by atoms with E-state index in [1.807, 2.05) is 0 Å². The van der Waals surface area contributed by atoms with E-state index in [1.54, 1.807) is 0 Å². The van der Waals surface area contributed by atoms with E-state index in [0.717, 1.165) is 18.2 Å². The van der Waals surface area contributed by atoms with Crippen LogP contribution in [0.3, 0.4) is 0 Å². The topological polar surface area (TPSA) is 49.2 Å². The van der Waals surface area contributed by atoms with Crippen molar-refractivity contribution in [3.63, 3.8) is 0 Å². The predicted molar refractivity (Wildman–Crippen MR) is 93.7 cm³/mol. The summed E-state index contributed by atoms with van der Waals surface area (Å²) in [6.07, 6.45) is -6.36. The molecule has 2 aromatic carbocycles. The van der Waals surface area contributed by atoms with Crippen LogP contribution in [-0.2, 0) is 12.7 Å². The Kier molecular flexibility index (Phi) is 6.18. The van der Waals surface area contributed by atoms with Gasteiger partial charge in [-0.05, 0) is 23.8 Å². The van der Waals surface area contributed by atoms with Gasteiger partial charge in [-0.3, -0.25) is 4.68 Å². The average Bonchev–Trinajstić information content (AvgIpc) is 3.17. The molecule has 0 atom stereocenters. The number of benzene rings is 2. The monoisotopic (exact) mass is 431 g/mol. The largest absolute Gasteiger partial charge is 0.573 e. The van der Waals surface area contributed by atoms with Crippen LogP contribution in [-0.4, -0.2) is 27.7 Å². The third-order valence-corrected chi connectivity index (χ3v) is 3.96. The lowest BCUT2D eigenvalue weighted by Crippen LogP contribution is -2.17. The van der Waals surface area contributed by atoms with Gasteiger partial charge in [-0.1, -0.05) is 24.3 Å². The molecular formula is C19H15F6N3O2. The highest BCUT2D eigenvalue weighted by atomic mass is 19.4. The van der Waals surface area contributed by atoms with Crippen molar-refractivity contribution in [3.8, 4) is 22.6 Å². The van der Waals surface area contributed by atoms with Crippen LogP contribution in [0.25, 0.3) is 11.1 Å².